The molecule has 2 aromatic carbocycles. The van der Waals surface area contributed by atoms with E-state index in [1.54, 1.807) is 13.2 Å². The van der Waals surface area contributed by atoms with Gasteiger partial charge in [-0.05, 0) is 61.9 Å². The van der Waals surface area contributed by atoms with Crippen molar-refractivity contribution in [1.29, 1.82) is 0 Å². The summed E-state index contributed by atoms with van der Waals surface area (Å²) in [6.45, 7) is 2.84. The van der Waals surface area contributed by atoms with Gasteiger partial charge in [0.15, 0.2) is 11.5 Å². The molecule has 2 aromatic rings. The minimum Gasteiger partial charge on any atom is -0.504 e. The number of phenols is 2. The lowest BCUT2D eigenvalue weighted by Crippen LogP contribution is -2.33. The summed E-state index contributed by atoms with van der Waals surface area (Å²) in [4.78, 5) is 0. The third kappa shape index (κ3) is 6.53. The normalized spacial score (nSPS) is 17.7. The van der Waals surface area contributed by atoms with E-state index in [2.05, 4.69) is 10.6 Å². The molecule has 2 atom stereocenters. The maximum Gasteiger partial charge on any atom is 0.160 e. The first-order valence-corrected chi connectivity index (χ1v) is 12.0. The van der Waals surface area contributed by atoms with Crippen molar-refractivity contribution in [3.05, 3.63) is 47.5 Å². The van der Waals surface area contributed by atoms with Gasteiger partial charge >= 0.3 is 0 Å². The van der Waals surface area contributed by atoms with Gasteiger partial charge in [0.25, 0.3) is 0 Å². The largest absolute Gasteiger partial charge is 0.504 e. The highest BCUT2D eigenvalue weighted by atomic mass is 16.5. The Labute approximate surface area is 192 Å². The van der Waals surface area contributed by atoms with Crippen LogP contribution in [0.25, 0.3) is 0 Å². The molecule has 32 heavy (non-hydrogen) atoms. The fourth-order valence-electron chi connectivity index (χ4n) is 4.71. The lowest BCUT2D eigenvalue weighted by atomic mass is 9.76. The van der Waals surface area contributed by atoms with Crippen molar-refractivity contribution >= 4 is 5.69 Å². The van der Waals surface area contributed by atoms with Crippen molar-refractivity contribution < 1.29 is 14.9 Å². The molecule has 6 N–H and O–H groups in total. The van der Waals surface area contributed by atoms with Gasteiger partial charge in [0.2, 0.25) is 0 Å². The Morgan fingerprint density at radius 1 is 0.969 bits per heavy atom. The molecule has 0 aliphatic heterocycles. The van der Waals surface area contributed by atoms with Crippen molar-refractivity contribution in [2.75, 3.05) is 32.1 Å². The van der Waals surface area contributed by atoms with Crippen LogP contribution >= 0.6 is 0 Å². The Balaban J connectivity index is 1.24. The number of rotatable bonds is 13. The highest BCUT2D eigenvalue weighted by molar-refractivity contribution is 5.56. The molecule has 0 spiro atoms. The topological polar surface area (TPSA) is 99.8 Å². The van der Waals surface area contributed by atoms with Gasteiger partial charge < -0.3 is 31.3 Å². The van der Waals surface area contributed by atoms with Crippen LogP contribution < -0.4 is 21.1 Å². The van der Waals surface area contributed by atoms with E-state index in [1.807, 2.05) is 30.3 Å². The third-order valence-electron chi connectivity index (χ3n) is 6.53. The molecule has 0 fully saturated rings. The first-order chi connectivity index (χ1) is 15.6. The minimum atomic E-state index is -0.0258. The number of benzene rings is 2. The van der Waals surface area contributed by atoms with Gasteiger partial charge in [-0.25, -0.2) is 0 Å². The molecule has 0 aromatic heterocycles. The van der Waals surface area contributed by atoms with Crippen LogP contribution in [0.4, 0.5) is 5.69 Å². The summed E-state index contributed by atoms with van der Waals surface area (Å²) >= 11 is 0. The van der Waals surface area contributed by atoms with Crippen molar-refractivity contribution in [2.45, 2.75) is 63.3 Å². The maximum absolute atomic E-state index is 10.2. The van der Waals surface area contributed by atoms with Crippen LogP contribution in [-0.2, 0) is 6.42 Å². The van der Waals surface area contributed by atoms with Crippen molar-refractivity contribution in [1.82, 2.24) is 5.32 Å². The molecule has 6 nitrogen and oxygen atoms in total. The number of methoxy groups -OCH3 is 1. The van der Waals surface area contributed by atoms with E-state index < -0.39 is 0 Å². The van der Waals surface area contributed by atoms with Gasteiger partial charge in [-0.15, -0.1) is 0 Å². The molecule has 3 rings (SSSR count). The number of hydrogen-bond donors (Lipinski definition) is 5. The zero-order chi connectivity index (χ0) is 22.8. The van der Waals surface area contributed by atoms with Gasteiger partial charge in [-0.2, -0.15) is 0 Å². The van der Waals surface area contributed by atoms with Crippen LogP contribution in [0.15, 0.2) is 36.4 Å². The molecule has 0 heterocycles. The summed E-state index contributed by atoms with van der Waals surface area (Å²) in [5.74, 6) is 1.18. The number of unbranched alkanes of at least 4 members (excludes halogenated alkanes) is 4. The Kier molecular flexibility index (Phi) is 9.50. The summed E-state index contributed by atoms with van der Waals surface area (Å²) < 4.78 is 5.35. The number of hydrogen-bond acceptors (Lipinski definition) is 6. The van der Waals surface area contributed by atoms with Gasteiger partial charge in [-0.1, -0.05) is 43.9 Å². The van der Waals surface area contributed by atoms with E-state index in [9.17, 15) is 10.2 Å². The molecule has 0 saturated carbocycles. The number of para-hydroxylation sites is 2. The number of anilines is 1. The highest BCUT2D eigenvalue weighted by Crippen LogP contribution is 2.42. The van der Waals surface area contributed by atoms with Crippen molar-refractivity contribution in [3.63, 3.8) is 0 Å². The number of phenolic OH excluding ortho intramolecular Hbond substituents is 2. The van der Waals surface area contributed by atoms with E-state index in [-0.39, 0.29) is 23.5 Å². The van der Waals surface area contributed by atoms with E-state index >= 15 is 0 Å². The number of fused-ring (bicyclic) bond motifs is 1. The lowest BCUT2D eigenvalue weighted by molar-refractivity contribution is 0.380. The number of nitrogens with one attached hydrogen (secondary N) is 2. The number of ether oxygens (including phenoxy) is 1. The maximum atomic E-state index is 10.2. The molecular formula is C26H39N3O3. The average Bonchev–Trinajstić information content (AvgIpc) is 2.81. The molecule has 0 radical (unpaired) electrons. The summed E-state index contributed by atoms with van der Waals surface area (Å²) in [5.41, 5.74) is 9.44. The number of nitrogens with two attached hydrogens (primary N) is 1. The van der Waals surface area contributed by atoms with Crippen LogP contribution in [-0.4, -0.2) is 43.0 Å². The quantitative estimate of drug-likeness (QED) is 0.232. The monoisotopic (exact) mass is 441 g/mol. The third-order valence-corrected chi connectivity index (χ3v) is 6.53. The van der Waals surface area contributed by atoms with E-state index in [0.717, 1.165) is 67.9 Å². The molecule has 0 amide bonds. The summed E-state index contributed by atoms with van der Waals surface area (Å²) in [6, 6.07) is 11.7. The highest BCUT2D eigenvalue weighted by Gasteiger charge is 2.29. The Bertz CT molecular complexity index is 843. The van der Waals surface area contributed by atoms with Gasteiger partial charge in [-0.3, -0.25) is 0 Å². The van der Waals surface area contributed by atoms with Gasteiger partial charge in [0, 0.05) is 24.7 Å². The predicted molar refractivity (Wildman–Crippen MR) is 131 cm³/mol. The second-order valence-electron chi connectivity index (χ2n) is 8.74. The smallest absolute Gasteiger partial charge is 0.160 e. The Hall–Kier alpha value is -2.44. The first kappa shape index (κ1) is 24.2. The molecule has 1 aliphatic carbocycles. The predicted octanol–water partition coefficient (Wildman–Crippen LogP) is 4.51. The SMILES string of the molecule is COc1ccccc1NCCNCCCCCCCC1c2ccc(O)c(O)c2CCC1N. The zero-order valence-electron chi connectivity index (χ0n) is 19.3. The van der Waals surface area contributed by atoms with E-state index in [1.165, 1.54) is 25.7 Å². The van der Waals surface area contributed by atoms with E-state index in [4.69, 9.17) is 10.5 Å². The minimum absolute atomic E-state index is 0.0258. The molecule has 1 aliphatic rings. The van der Waals surface area contributed by atoms with Crippen LogP contribution in [0.5, 0.6) is 17.2 Å². The summed E-state index contributed by atoms with van der Waals surface area (Å²) in [6.07, 6.45) is 8.67. The fraction of sp³-hybridized carbons (Fsp3) is 0.538. The molecule has 0 saturated heterocycles. The molecule has 6 heteroatoms. The standard InChI is InChI=1S/C26H39N3O3/c1-32-25-11-7-6-10-23(25)29-18-17-28-16-8-4-2-3-5-9-20-19-13-15-24(30)26(31)21(19)12-14-22(20)27/h6-7,10-11,13,15,20,22,28-31H,2-5,8-9,12,14,16-18,27H2,1H3. The zero-order valence-corrected chi connectivity index (χ0v) is 19.3. The number of aromatic hydroxyl groups is 2. The second-order valence-corrected chi connectivity index (χ2v) is 8.74. The average molecular weight is 442 g/mol. The summed E-state index contributed by atoms with van der Waals surface area (Å²) in [5, 5.41) is 26.8. The van der Waals surface area contributed by atoms with E-state index in [0.29, 0.717) is 0 Å². The lowest BCUT2D eigenvalue weighted by Gasteiger charge is -2.32. The Morgan fingerprint density at radius 2 is 1.75 bits per heavy atom. The molecule has 2 unspecified atom stereocenters. The van der Waals surface area contributed by atoms with Gasteiger partial charge in [0.1, 0.15) is 5.75 Å². The van der Waals surface area contributed by atoms with Crippen LogP contribution in [0.2, 0.25) is 0 Å². The van der Waals surface area contributed by atoms with Crippen molar-refractivity contribution in [2.24, 2.45) is 5.73 Å². The molecular weight excluding hydrogens is 402 g/mol. The molecule has 0 bridgehead atoms. The van der Waals surface area contributed by atoms with Crippen LogP contribution in [0.3, 0.4) is 0 Å². The van der Waals surface area contributed by atoms with Crippen molar-refractivity contribution in [3.8, 4) is 17.2 Å². The second kappa shape index (κ2) is 12.6. The van der Waals surface area contributed by atoms with Crippen LogP contribution in [0, 0.1) is 0 Å². The first-order valence-electron chi connectivity index (χ1n) is 12.0. The fourth-order valence-corrected chi connectivity index (χ4v) is 4.71. The molecule has 176 valence electrons. The van der Waals surface area contributed by atoms with Crippen LogP contribution in [0.1, 0.15) is 62.0 Å². The summed E-state index contributed by atoms with van der Waals surface area (Å²) in [7, 11) is 1.69. The van der Waals surface area contributed by atoms with Gasteiger partial charge in [0.05, 0.1) is 12.8 Å². The Morgan fingerprint density at radius 3 is 2.59 bits per heavy atom.